The molecular weight excluding hydrogens is 236 g/mol. The highest BCUT2D eigenvalue weighted by molar-refractivity contribution is 7.99. The summed E-state index contributed by atoms with van der Waals surface area (Å²) in [5.41, 5.74) is 3.10. The van der Waals surface area contributed by atoms with E-state index in [0.717, 1.165) is 17.7 Å². The maximum absolute atomic E-state index is 10.8. The molecule has 0 amide bonds. The van der Waals surface area contributed by atoms with Gasteiger partial charge >= 0.3 is 5.97 Å². The standard InChI is InChI=1S/C12H10N2O2S/c15-12(16)10-6-9(13-14-10)7-1-2-11-8(5-7)3-4-17-11/h1-2,5-6H,3-4H2,(H,13,14)(H,15,16). The Hall–Kier alpha value is -1.75. The molecule has 2 N–H and O–H groups in total. The number of nitrogens with zero attached hydrogens (tertiary/aromatic N) is 1. The van der Waals surface area contributed by atoms with Gasteiger partial charge in [-0.05, 0) is 30.2 Å². The lowest BCUT2D eigenvalue weighted by Gasteiger charge is -2.00. The van der Waals surface area contributed by atoms with Crippen molar-refractivity contribution >= 4 is 17.7 Å². The average Bonchev–Trinajstić information content (AvgIpc) is 2.97. The van der Waals surface area contributed by atoms with E-state index in [2.05, 4.69) is 22.3 Å². The van der Waals surface area contributed by atoms with Crippen LogP contribution in [0.2, 0.25) is 0 Å². The lowest BCUT2D eigenvalue weighted by atomic mass is 10.1. The van der Waals surface area contributed by atoms with E-state index >= 15 is 0 Å². The van der Waals surface area contributed by atoms with Crippen molar-refractivity contribution < 1.29 is 9.90 Å². The Labute approximate surface area is 102 Å². The van der Waals surface area contributed by atoms with Crippen LogP contribution in [0.3, 0.4) is 0 Å². The zero-order valence-corrected chi connectivity index (χ0v) is 9.75. The molecule has 4 nitrogen and oxygen atoms in total. The van der Waals surface area contributed by atoms with Crippen LogP contribution in [-0.2, 0) is 6.42 Å². The Morgan fingerprint density at radius 3 is 3.06 bits per heavy atom. The minimum atomic E-state index is -0.986. The van der Waals surface area contributed by atoms with E-state index in [4.69, 9.17) is 5.11 Å². The van der Waals surface area contributed by atoms with Crippen LogP contribution in [0.5, 0.6) is 0 Å². The van der Waals surface area contributed by atoms with E-state index in [-0.39, 0.29) is 5.69 Å². The Balaban J connectivity index is 2.00. The Bertz CT molecular complexity index is 592. The summed E-state index contributed by atoms with van der Waals surface area (Å²) in [6, 6.07) is 7.72. The highest BCUT2D eigenvalue weighted by Crippen LogP contribution is 2.33. The average molecular weight is 246 g/mol. The van der Waals surface area contributed by atoms with E-state index < -0.39 is 5.97 Å². The van der Waals surface area contributed by atoms with Crippen molar-refractivity contribution in [2.24, 2.45) is 0 Å². The first-order chi connectivity index (χ1) is 8.24. The predicted octanol–water partition coefficient (Wildman–Crippen LogP) is 2.42. The van der Waals surface area contributed by atoms with E-state index in [1.807, 2.05) is 17.8 Å². The normalized spacial score (nSPS) is 13.6. The zero-order valence-electron chi connectivity index (χ0n) is 8.93. The number of aromatic nitrogens is 2. The number of hydrogen-bond acceptors (Lipinski definition) is 3. The fraction of sp³-hybridized carbons (Fsp3) is 0.167. The van der Waals surface area contributed by atoms with Crippen molar-refractivity contribution in [1.29, 1.82) is 0 Å². The number of carboxylic acids is 1. The fourth-order valence-electron chi connectivity index (χ4n) is 1.93. The van der Waals surface area contributed by atoms with Crippen molar-refractivity contribution in [3.05, 3.63) is 35.5 Å². The van der Waals surface area contributed by atoms with Crippen LogP contribution in [0.1, 0.15) is 16.1 Å². The second kappa shape index (κ2) is 3.92. The summed E-state index contributed by atoms with van der Waals surface area (Å²) in [5, 5.41) is 15.4. The van der Waals surface area contributed by atoms with Gasteiger partial charge in [-0.25, -0.2) is 4.79 Å². The molecule has 0 fully saturated rings. The molecule has 2 aromatic rings. The summed E-state index contributed by atoms with van der Waals surface area (Å²) < 4.78 is 0. The minimum Gasteiger partial charge on any atom is -0.477 e. The zero-order chi connectivity index (χ0) is 11.8. The minimum absolute atomic E-state index is 0.120. The Morgan fingerprint density at radius 1 is 1.41 bits per heavy atom. The molecule has 5 heteroatoms. The second-order valence-corrected chi connectivity index (χ2v) is 5.03. The van der Waals surface area contributed by atoms with Gasteiger partial charge in [0.05, 0.1) is 5.69 Å². The number of hydrogen-bond donors (Lipinski definition) is 2. The molecular formula is C12H10N2O2S. The van der Waals surface area contributed by atoms with Gasteiger partial charge in [0, 0.05) is 16.2 Å². The molecule has 1 aromatic carbocycles. The molecule has 0 saturated carbocycles. The highest BCUT2D eigenvalue weighted by atomic mass is 32.2. The number of carboxylic acid groups (broad SMARTS) is 1. The number of fused-ring (bicyclic) bond motifs is 1. The van der Waals surface area contributed by atoms with Gasteiger partial charge in [0.15, 0.2) is 0 Å². The van der Waals surface area contributed by atoms with Crippen LogP contribution >= 0.6 is 11.8 Å². The van der Waals surface area contributed by atoms with Crippen LogP contribution in [0, 0.1) is 0 Å². The molecule has 1 aliphatic rings. The lowest BCUT2D eigenvalue weighted by molar-refractivity contribution is 0.0690. The van der Waals surface area contributed by atoms with E-state index in [1.165, 1.54) is 10.5 Å². The topological polar surface area (TPSA) is 66.0 Å². The van der Waals surface area contributed by atoms with Crippen LogP contribution in [-0.4, -0.2) is 27.0 Å². The molecule has 2 heterocycles. The van der Waals surface area contributed by atoms with Crippen LogP contribution in [0.4, 0.5) is 0 Å². The summed E-state index contributed by atoms with van der Waals surface area (Å²) >= 11 is 1.86. The summed E-state index contributed by atoms with van der Waals surface area (Å²) in [7, 11) is 0. The molecule has 1 aliphatic heterocycles. The van der Waals surface area contributed by atoms with Gasteiger partial charge in [-0.2, -0.15) is 5.10 Å². The third-order valence-corrected chi connectivity index (χ3v) is 3.91. The summed E-state index contributed by atoms with van der Waals surface area (Å²) in [5.74, 6) is 0.139. The second-order valence-electron chi connectivity index (χ2n) is 3.89. The van der Waals surface area contributed by atoms with Crippen molar-refractivity contribution in [2.45, 2.75) is 11.3 Å². The molecule has 0 aliphatic carbocycles. The Kier molecular flexibility index (Phi) is 2.40. The largest absolute Gasteiger partial charge is 0.477 e. The maximum Gasteiger partial charge on any atom is 0.353 e. The summed E-state index contributed by atoms with van der Waals surface area (Å²) in [4.78, 5) is 12.1. The number of rotatable bonds is 2. The van der Waals surface area contributed by atoms with Crippen LogP contribution < -0.4 is 0 Å². The Morgan fingerprint density at radius 2 is 2.29 bits per heavy atom. The van der Waals surface area contributed by atoms with Gasteiger partial charge in [0.1, 0.15) is 5.69 Å². The van der Waals surface area contributed by atoms with Crippen LogP contribution in [0.15, 0.2) is 29.2 Å². The number of aromatic amines is 1. The van der Waals surface area contributed by atoms with Crippen molar-refractivity contribution in [1.82, 2.24) is 10.2 Å². The molecule has 0 bridgehead atoms. The number of carbonyl (C=O) groups is 1. The van der Waals surface area contributed by atoms with Gasteiger partial charge in [0.2, 0.25) is 0 Å². The maximum atomic E-state index is 10.8. The van der Waals surface area contributed by atoms with E-state index in [0.29, 0.717) is 5.69 Å². The third-order valence-electron chi connectivity index (χ3n) is 2.79. The first kappa shape index (κ1) is 10.4. The van der Waals surface area contributed by atoms with Gasteiger partial charge in [-0.15, -0.1) is 11.8 Å². The lowest BCUT2D eigenvalue weighted by Crippen LogP contribution is -1.95. The highest BCUT2D eigenvalue weighted by Gasteiger charge is 2.14. The van der Waals surface area contributed by atoms with E-state index in [9.17, 15) is 4.79 Å². The van der Waals surface area contributed by atoms with Crippen molar-refractivity contribution in [3.63, 3.8) is 0 Å². The van der Waals surface area contributed by atoms with Gasteiger partial charge < -0.3 is 5.11 Å². The van der Waals surface area contributed by atoms with Crippen LogP contribution in [0.25, 0.3) is 11.3 Å². The number of H-pyrrole nitrogens is 1. The molecule has 0 spiro atoms. The number of aryl methyl sites for hydroxylation is 1. The smallest absolute Gasteiger partial charge is 0.353 e. The summed E-state index contributed by atoms with van der Waals surface area (Å²) in [6.07, 6.45) is 1.07. The quantitative estimate of drug-likeness (QED) is 0.854. The number of nitrogens with one attached hydrogen (secondary N) is 1. The molecule has 0 radical (unpaired) electrons. The fourth-order valence-corrected chi connectivity index (χ4v) is 2.98. The molecule has 3 rings (SSSR count). The predicted molar refractivity (Wildman–Crippen MR) is 65.4 cm³/mol. The van der Waals surface area contributed by atoms with Gasteiger partial charge in [0.25, 0.3) is 0 Å². The number of thioether (sulfide) groups is 1. The first-order valence-electron chi connectivity index (χ1n) is 5.29. The number of aromatic carboxylic acids is 1. The molecule has 0 saturated heterocycles. The number of benzene rings is 1. The van der Waals surface area contributed by atoms with Crippen molar-refractivity contribution in [3.8, 4) is 11.3 Å². The molecule has 86 valence electrons. The summed E-state index contributed by atoms with van der Waals surface area (Å²) in [6.45, 7) is 0. The van der Waals surface area contributed by atoms with E-state index in [1.54, 1.807) is 6.07 Å². The molecule has 1 aromatic heterocycles. The molecule has 17 heavy (non-hydrogen) atoms. The first-order valence-corrected chi connectivity index (χ1v) is 6.27. The monoisotopic (exact) mass is 246 g/mol. The van der Waals surface area contributed by atoms with Gasteiger partial charge in [-0.3, -0.25) is 5.10 Å². The third kappa shape index (κ3) is 1.82. The van der Waals surface area contributed by atoms with Gasteiger partial charge in [-0.1, -0.05) is 6.07 Å². The van der Waals surface area contributed by atoms with Crippen molar-refractivity contribution in [2.75, 3.05) is 5.75 Å². The molecule has 0 atom stereocenters. The molecule has 0 unspecified atom stereocenters. The SMILES string of the molecule is O=C(O)c1cc(-c2ccc3c(c2)CCS3)n[nH]1.